The van der Waals surface area contributed by atoms with E-state index >= 15 is 0 Å². The van der Waals surface area contributed by atoms with E-state index in [1.54, 1.807) is 30.5 Å². The van der Waals surface area contributed by atoms with Gasteiger partial charge in [0.25, 0.3) is 5.69 Å². The zero-order valence-corrected chi connectivity index (χ0v) is 10.4. The minimum absolute atomic E-state index is 0.116. The monoisotopic (exact) mass is 268 g/mol. The first-order valence-corrected chi connectivity index (χ1v) is 6.47. The van der Waals surface area contributed by atoms with Crippen LogP contribution in [0, 0.1) is 10.1 Å². The summed E-state index contributed by atoms with van der Waals surface area (Å²) in [5.74, 6) is 1.11. The SMILES string of the molecule is O=[N+]([O-])c1c(SCCCl)ccc2ncccc12. The molecule has 1 heterocycles. The second kappa shape index (κ2) is 5.33. The number of hydrogen-bond donors (Lipinski definition) is 0. The van der Waals surface area contributed by atoms with Crippen molar-refractivity contribution in [2.75, 3.05) is 11.6 Å². The normalized spacial score (nSPS) is 10.6. The van der Waals surface area contributed by atoms with Gasteiger partial charge in [0.1, 0.15) is 0 Å². The second-order valence-electron chi connectivity index (χ2n) is 3.28. The number of alkyl halides is 1. The van der Waals surface area contributed by atoms with Gasteiger partial charge in [-0.3, -0.25) is 15.1 Å². The molecule has 0 N–H and O–H groups in total. The van der Waals surface area contributed by atoms with E-state index in [2.05, 4.69) is 4.98 Å². The van der Waals surface area contributed by atoms with Gasteiger partial charge in [-0.15, -0.1) is 23.4 Å². The highest BCUT2D eigenvalue weighted by Gasteiger charge is 2.18. The van der Waals surface area contributed by atoms with E-state index in [4.69, 9.17) is 11.6 Å². The Morgan fingerprint density at radius 1 is 1.41 bits per heavy atom. The molecule has 0 fully saturated rings. The Morgan fingerprint density at radius 2 is 2.24 bits per heavy atom. The van der Waals surface area contributed by atoms with Crippen molar-refractivity contribution in [3.05, 3.63) is 40.6 Å². The Balaban J connectivity index is 2.60. The fraction of sp³-hybridized carbons (Fsp3) is 0.182. The molecule has 2 rings (SSSR count). The molecule has 17 heavy (non-hydrogen) atoms. The lowest BCUT2D eigenvalue weighted by Gasteiger charge is -2.04. The molecular formula is C11H9ClN2O2S. The number of nitro groups is 1. The number of rotatable bonds is 4. The molecule has 0 saturated heterocycles. The average Bonchev–Trinajstić information content (AvgIpc) is 2.35. The van der Waals surface area contributed by atoms with Gasteiger partial charge in [-0.2, -0.15) is 0 Å². The van der Waals surface area contributed by atoms with Crippen LogP contribution in [0.25, 0.3) is 10.9 Å². The van der Waals surface area contributed by atoms with Gasteiger partial charge in [-0.1, -0.05) is 0 Å². The molecule has 1 aromatic carbocycles. The summed E-state index contributed by atoms with van der Waals surface area (Å²) in [5.41, 5.74) is 0.750. The van der Waals surface area contributed by atoms with Crippen LogP contribution in [0.4, 0.5) is 5.69 Å². The molecule has 0 aliphatic heterocycles. The largest absolute Gasteiger partial charge is 0.292 e. The number of pyridine rings is 1. The van der Waals surface area contributed by atoms with E-state index in [0.717, 1.165) is 0 Å². The summed E-state index contributed by atoms with van der Waals surface area (Å²) in [7, 11) is 0. The van der Waals surface area contributed by atoms with Crippen molar-refractivity contribution < 1.29 is 4.92 Å². The number of nitrogens with zero attached hydrogens (tertiary/aromatic N) is 2. The van der Waals surface area contributed by atoms with Crippen LogP contribution in [0.5, 0.6) is 0 Å². The summed E-state index contributed by atoms with van der Waals surface area (Å²) in [4.78, 5) is 15.5. The maximum Gasteiger partial charge on any atom is 0.292 e. The first-order valence-electron chi connectivity index (χ1n) is 4.95. The van der Waals surface area contributed by atoms with Gasteiger partial charge >= 0.3 is 0 Å². The van der Waals surface area contributed by atoms with Crippen LogP contribution in [0.2, 0.25) is 0 Å². The molecule has 6 heteroatoms. The lowest BCUT2D eigenvalue weighted by molar-refractivity contribution is -0.385. The highest BCUT2D eigenvalue weighted by molar-refractivity contribution is 7.99. The van der Waals surface area contributed by atoms with Gasteiger partial charge in [0, 0.05) is 17.8 Å². The topological polar surface area (TPSA) is 56.0 Å². The summed E-state index contributed by atoms with van der Waals surface area (Å²) in [6.45, 7) is 0. The number of nitro benzene ring substituents is 1. The number of aromatic nitrogens is 1. The maximum atomic E-state index is 11.1. The number of fused-ring (bicyclic) bond motifs is 1. The maximum absolute atomic E-state index is 11.1. The standard InChI is InChI=1S/C11H9ClN2O2S/c12-5-7-17-10-4-3-9-8(2-1-6-13-9)11(10)14(15)16/h1-4,6H,5,7H2. The number of thioether (sulfide) groups is 1. The zero-order valence-electron chi connectivity index (χ0n) is 8.80. The zero-order chi connectivity index (χ0) is 12.3. The molecule has 0 radical (unpaired) electrons. The van der Waals surface area contributed by atoms with Gasteiger partial charge in [0.05, 0.1) is 20.7 Å². The third-order valence-corrected chi connectivity index (χ3v) is 3.70. The molecule has 1 aromatic heterocycles. The third-order valence-electron chi connectivity index (χ3n) is 2.24. The fourth-order valence-electron chi connectivity index (χ4n) is 1.57. The molecule has 0 aliphatic rings. The minimum atomic E-state index is -0.361. The van der Waals surface area contributed by atoms with Gasteiger partial charge in [-0.25, -0.2) is 0 Å². The Hall–Kier alpha value is -1.33. The molecule has 0 spiro atoms. The summed E-state index contributed by atoms with van der Waals surface area (Å²) < 4.78 is 0. The predicted molar refractivity (Wildman–Crippen MR) is 69.8 cm³/mol. The first kappa shape index (κ1) is 12.1. The Labute approximate surface area is 107 Å². The van der Waals surface area contributed by atoms with E-state index in [-0.39, 0.29) is 10.6 Å². The van der Waals surface area contributed by atoms with Crippen molar-refractivity contribution in [3.8, 4) is 0 Å². The van der Waals surface area contributed by atoms with E-state index in [1.165, 1.54) is 11.8 Å². The molecule has 0 amide bonds. The van der Waals surface area contributed by atoms with Crippen LogP contribution in [0.3, 0.4) is 0 Å². The molecule has 0 saturated carbocycles. The Morgan fingerprint density at radius 3 is 2.94 bits per heavy atom. The van der Waals surface area contributed by atoms with Crippen molar-refractivity contribution in [2.45, 2.75) is 4.90 Å². The van der Waals surface area contributed by atoms with Gasteiger partial charge in [0.2, 0.25) is 0 Å². The first-order chi connectivity index (χ1) is 8.24. The number of halogens is 1. The second-order valence-corrected chi connectivity index (χ2v) is 4.79. The Bertz CT molecular complexity index is 562. The van der Waals surface area contributed by atoms with Crippen LogP contribution in [-0.2, 0) is 0 Å². The molecule has 88 valence electrons. The fourth-order valence-corrected chi connectivity index (χ4v) is 2.58. The Kier molecular flexibility index (Phi) is 3.81. The average molecular weight is 269 g/mol. The van der Waals surface area contributed by atoms with Crippen LogP contribution in [0.15, 0.2) is 35.4 Å². The molecular weight excluding hydrogens is 260 g/mol. The highest BCUT2D eigenvalue weighted by Crippen LogP contribution is 2.35. The molecule has 0 aliphatic carbocycles. The molecule has 0 unspecified atom stereocenters. The molecule has 0 bridgehead atoms. The van der Waals surface area contributed by atoms with E-state index in [9.17, 15) is 10.1 Å². The molecule has 2 aromatic rings. The van der Waals surface area contributed by atoms with Crippen molar-refractivity contribution in [1.29, 1.82) is 0 Å². The van der Waals surface area contributed by atoms with E-state index < -0.39 is 0 Å². The quantitative estimate of drug-likeness (QED) is 0.369. The van der Waals surface area contributed by atoms with Gasteiger partial charge in [0.15, 0.2) is 0 Å². The van der Waals surface area contributed by atoms with Crippen LogP contribution < -0.4 is 0 Å². The summed E-state index contributed by atoms with van der Waals surface area (Å²) >= 11 is 6.99. The van der Waals surface area contributed by atoms with Crippen molar-refractivity contribution in [1.82, 2.24) is 4.98 Å². The third kappa shape index (κ3) is 2.50. The lowest BCUT2D eigenvalue weighted by Crippen LogP contribution is -1.94. The van der Waals surface area contributed by atoms with Gasteiger partial charge in [-0.05, 0) is 24.3 Å². The molecule has 0 atom stereocenters. The summed E-state index contributed by atoms with van der Waals surface area (Å²) in [5, 5.41) is 11.7. The van der Waals surface area contributed by atoms with Crippen LogP contribution in [0.1, 0.15) is 0 Å². The van der Waals surface area contributed by atoms with Gasteiger partial charge < -0.3 is 0 Å². The van der Waals surface area contributed by atoms with Crippen molar-refractivity contribution in [2.24, 2.45) is 0 Å². The molecule has 4 nitrogen and oxygen atoms in total. The smallest absolute Gasteiger partial charge is 0.258 e. The highest BCUT2D eigenvalue weighted by atomic mass is 35.5. The van der Waals surface area contributed by atoms with Crippen LogP contribution in [-0.4, -0.2) is 21.5 Å². The van der Waals surface area contributed by atoms with Crippen molar-refractivity contribution in [3.63, 3.8) is 0 Å². The van der Waals surface area contributed by atoms with E-state index in [0.29, 0.717) is 27.4 Å². The van der Waals surface area contributed by atoms with E-state index in [1.807, 2.05) is 0 Å². The predicted octanol–water partition coefficient (Wildman–Crippen LogP) is 3.47. The lowest BCUT2D eigenvalue weighted by atomic mass is 10.2. The number of hydrogen-bond acceptors (Lipinski definition) is 4. The van der Waals surface area contributed by atoms with Crippen molar-refractivity contribution >= 4 is 40.0 Å². The summed E-state index contributed by atoms with van der Waals surface area (Å²) in [6.07, 6.45) is 1.62. The number of benzene rings is 1. The van der Waals surface area contributed by atoms with Crippen LogP contribution >= 0.6 is 23.4 Å². The minimum Gasteiger partial charge on any atom is -0.258 e. The summed E-state index contributed by atoms with van der Waals surface area (Å²) in [6, 6.07) is 6.93.